The number of amides is 1. The number of aromatic nitrogens is 1. The largest absolute Gasteiger partial charge is 0.441 e. The van der Waals surface area contributed by atoms with Crippen molar-refractivity contribution >= 4 is 5.91 Å². The van der Waals surface area contributed by atoms with Gasteiger partial charge in [-0.3, -0.25) is 4.79 Å². The first-order valence-electron chi connectivity index (χ1n) is 8.81. The standard InChI is InChI=1S/C21H19FN2O3/c1-14-19(23-20(27-14)16-5-3-2-4-6-16)21(25)24-11-12-26-18(13-24)15-7-9-17(22)10-8-15/h2-10,18H,11-13H2,1H3/t18-/m1/s1. The third-order valence-corrected chi connectivity index (χ3v) is 4.62. The Morgan fingerprint density at radius 3 is 2.63 bits per heavy atom. The maximum absolute atomic E-state index is 13.1. The van der Waals surface area contributed by atoms with E-state index in [1.807, 2.05) is 30.3 Å². The second-order valence-corrected chi connectivity index (χ2v) is 6.45. The molecule has 1 fully saturated rings. The van der Waals surface area contributed by atoms with Crippen molar-refractivity contribution in [3.05, 3.63) is 77.4 Å². The maximum atomic E-state index is 13.1. The second-order valence-electron chi connectivity index (χ2n) is 6.45. The van der Waals surface area contributed by atoms with Crippen molar-refractivity contribution in [1.82, 2.24) is 9.88 Å². The molecule has 138 valence electrons. The van der Waals surface area contributed by atoms with Gasteiger partial charge in [-0.15, -0.1) is 0 Å². The Kier molecular flexibility index (Phi) is 4.73. The van der Waals surface area contributed by atoms with Crippen molar-refractivity contribution in [2.24, 2.45) is 0 Å². The molecule has 0 aliphatic carbocycles. The van der Waals surface area contributed by atoms with Gasteiger partial charge in [-0.05, 0) is 36.8 Å². The molecule has 0 unspecified atom stereocenters. The average Bonchev–Trinajstić information content (AvgIpc) is 3.10. The third-order valence-electron chi connectivity index (χ3n) is 4.62. The molecule has 3 aromatic rings. The molecule has 1 atom stereocenters. The smallest absolute Gasteiger partial charge is 0.276 e. The number of morpholine rings is 1. The van der Waals surface area contributed by atoms with Crippen LogP contribution in [0.3, 0.4) is 0 Å². The summed E-state index contributed by atoms with van der Waals surface area (Å²) in [5.41, 5.74) is 1.98. The van der Waals surface area contributed by atoms with Gasteiger partial charge < -0.3 is 14.1 Å². The molecule has 1 aliphatic rings. The first-order chi connectivity index (χ1) is 13.1. The van der Waals surface area contributed by atoms with Gasteiger partial charge in [-0.25, -0.2) is 9.37 Å². The van der Waals surface area contributed by atoms with E-state index in [1.165, 1.54) is 12.1 Å². The number of hydrogen-bond acceptors (Lipinski definition) is 4. The summed E-state index contributed by atoms with van der Waals surface area (Å²) >= 11 is 0. The van der Waals surface area contributed by atoms with Crippen LogP contribution >= 0.6 is 0 Å². The average molecular weight is 366 g/mol. The predicted octanol–water partition coefficient (Wildman–Crippen LogP) is 4.00. The maximum Gasteiger partial charge on any atom is 0.276 e. The number of rotatable bonds is 3. The van der Waals surface area contributed by atoms with E-state index in [0.29, 0.717) is 37.0 Å². The van der Waals surface area contributed by atoms with Crippen molar-refractivity contribution in [3.63, 3.8) is 0 Å². The van der Waals surface area contributed by atoms with Gasteiger partial charge in [0.2, 0.25) is 5.89 Å². The minimum Gasteiger partial charge on any atom is -0.441 e. The number of hydrogen-bond donors (Lipinski definition) is 0. The van der Waals surface area contributed by atoms with Crippen molar-refractivity contribution in [2.75, 3.05) is 19.7 Å². The number of halogens is 1. The van der Waals surface area contributed by atoms with E-state index in [2.05, 4.69) is 4.98 Å². The minimum atomic E-state index is -0.297. The molecule has 1 aliphatic heterocycles. The van der Waals surface area contributed by atoms with Crippen LogP contribution in [0.15, 0.2) is 59.0 Å². The predicted molar refractivity (Wildman–Crippen MR) is 97.7 cm³/mol. The lowest BCUT2D eigenvalue weighted by molar-refractivity contribution is -0.0230. The fourth-order valence-electron chi connectivity index (χ4n) is 3.16. The Bertz CT molecular complexity index is 938. The fourth-order valence-corrected chi connectivity index (χ4v) is 3.16. The lowest BCUT2D eigenvalue weighted by Gasteiger charge is -2.32. The summed E-state index contributed by atoms with van der Waals surface area (Å²) in [6.45, 7) is 3.02. The zero-order chi connectivity index (χ0) is 18.8. The summed E-state index contributed by atoms with van der Waals surface area (Å²) in [5, 5.41) is 0. The van der Waals surface area contributed by atoms with Gasteiger partial charge in [0, 0.05) is 12.1 Å². The third kappa shape index (κ3) is 3.61. The molecule has 0 saturated carbocycles. The van der Waals surface area contributed by atoms with Crippen LogP contribution in [-0.2, 0) is 4.74 Å². The number of aryl methyl sites for hydroxylation is 1. The summed E-state index contributed by atoms with van der Waals surface area (Å²) in [6.07, 6.45) is -0.288. The molecule has 5 nitrogen and oxygen atoms in total. The molecule has 0 spiro atoms. The van der Waals surface area contributed by atoms with Crippen LogP contribution < -0.4 is 0 Å². The van der Waals surface area contributed by atoms with E-state index in [9.17, 15) is 9.18 Å². The number of carbonyl (C=O) groups is 1. The minimum absolute atomic E-state index is 0.186. The van der Waals surface area contributed by atoms with Crippen molar-refractivity contribution in [3.8, 4) is 11.5 Å². The van der Waals surface area contributed by atoms with E-state index < -0.39 is 0 Å². The van der Waals surface area contributed by atoms with Gasteiger partial charge in [-0.2, -0.15) is 0 Å². The SMILES string of the molecule is Cc1oc(-c2ccccc2)nc1C(=O)N1CCO[C@@H](c2ccc(F)cc2)C1. The van der Waals surface area contributed by atoms with E-state index in [0.717, 1.165) is 11.1 Å². The highest BCUT2D eigenvalue weighted by molar-refractivity contribution is 5.93. The zero-order valence-corrected chi connectivity index (χ0v) is 14.9. The van der Waals surface area contributed by atoms with E-state index >= 15 is 0 Å². The van der Waals surface area contributed by atoms with Crippen LogP contribution in [0.1, 0.15) is 27.9 Å². The molecule has 1 saturated heterocycles. The zero-order valence-electron chi connectivity index (χ0n) is 14.9. The summed E-state index contributed by atoms with van der Waals surface area (Å²) in [6, 6.07) is 15.6. The molecule has 6 heteroatoms. The molecule has 2 aromatic carbocycles. The topological polar surface area (TPSA) is 55.6 Å². The molecule has 27 heavy (non-hydrogen) atoms. The van der Waals surface area contributed by atoms with Gasteiger partial charge in [0.25, 0.3) is 5.91 Å². The van der Waals surface area contributed by atoms with E-state index in [-0.39, 0.29) is 17.8 Å². The summed E-state index contributed by atoms with van der Waals surface area (Å²) in [5.74, 6) is 0.437. The first-order valence-corrected chi connectivity index (χ1v) is 8.81. The lowest BCUT2D eigenvalue weighted by atomic mass is 10.1. The Morgan fingerprint density at radius 2 is 1.89 bits per heavy atom. The molecule has 0 N–H and O–H groups in total. The summed E-state index contributed by atoms with van der Waals surface area (Å²) in [7, 11) is 0. The van der Waals surface area contributed by atoms with E-state index in [4.69, 9.17) is 9.15 Å². The van der Waals surface area contributed by atoms with Crippen molar-refractivity contribution in [1.29, 1.82) is 0 Å². The number of carbonyl (C=O) groups excluding carboxylic acids is 1. The lowest BCUT2D eigenvalue weighted by Crippen LogP contribution is -2.42. The summed E-state index contributed by atoms with van der Waals surface area (Å²) in [4.78, 5) is 19.1. The van der Waals surface area contributed by atoms with Gasteiger partial charge in [0.1, 0.15) is 17.7 Å². The van der Waals surface area contributed by atoms with Crippen LogP contribution in [-0.4, -0.2) is 35.5 Å². The van der Waals surface area contributed by atoms with Crippen LogP contribution in [0.25, 0.3) is 11.5 Å². The van der Waals surface area contributed by atoms with Gasteiger partial charge >= 0.3 is 0 Å². The van der Waals surface area contributed by atoms with Crippen molar-refractivity contribution in [2.45, 2.75) is 13.0 Å². The molecule has 4 rings (SSSR count). The van der Waals surface area contributed by atoms with Crippen LogP contribution in [0.5, 0.6) is 0 Å². The highest BCUT2D eigenvalue weighted by atomic mass is 19.1. The van der Waals surface area contributed by atoms with Crippen LogP contribution in [0.4, 0.5) is 4.39 Å². The second kappa shape index (κ2) is 7.32. The summed E-state index contributed by atoms with van der Waals surface area (Å²) < 4.78 is 24.6. The number of nitrogens with zero attached hydrogens (tertiary/aromatic N) is 2. The molecule has 1 aromatic heterocycles. The number of benzene rings is 2. The molecular weight excluding hydrogens is 347 g/mol. The van der Waals surface area contributed by atoms with Crippen LogP contribution in [0.2, 0.25) is 0 Å². The highest BCUT2D eigenvalue weighted by Crippen LogP contribution is 2.26. The Morgan fingerprint density at radius 1 is 1.15 bits per heavy atom. The molecule has 0 bridgehead atoms. The molecule has 0 radical (unpaired) electrons. The first kappa shape index (κ1) is 17.4. The van der Waals surface area contributed by atoms with Gasteiger partial charge in [0.05, 0.1) is 13.2 Å². The van der Waals surface area contributed by atoms with Crippen LogP contribution in [0, 0.1) is 12.7 Å². The quantitative estimate of drug-likeness (QED) is 0.703. The number of ether oxygens (including phenoxy) is 1. The molecule has 2 heterocycles. The number of oxazole rings is 1. The van der Waals surface area contributed by atoms with Crippen molar-refractivity contribution < 1.29 is 18.3 Å². The van der Waals surface area contributed by atoms with Gasteiger partial charge in [-0.1, -0.05) is 30.3 Å². The molecular formula is C21H19FN2O3. The Labute approximate surface area is 156 Å². The fraction of sp³-hybridized carbons (Fsp3) is 0.238. The normalized spacial score (nSPS) is 17.1. The molecule has 1 amide bonds. The Hall–Kier alpha value is -2.99. The van der Waals surface area contributed by atoms with E-state index in [1.54, 1.807) is 24.0 Å². The Balaban J connectivity index is 1.54. The monoisotopic (exact) mass is 366 g/mol. The highest BCUT2D eigenvalue weighted by Gasteiger charge is 2.29. The van der Waals surface area contributed by atoms with Gasteiger partial charge in [0.15, 0.2) is 5.69 Å².